The second kappa shape index (κ2) is 5.71. The minimum absolute atomic E-state index is 0.755. The molecule has 2 atom stereocenters. The van der Waals surface area contributed by atoms with Gasteiger partial charge in [0.15, 0.2) is 5.13 Å². The molecule has 2 aromatic rings. The molecule has 4 heteroatoms. The lowest BCUT2D eigenvalue weighted by Gasteiger charge is -2.36. The molecule has 1 aromatic carbocycles. The molecule has 0 bridgehead atoms. The molecule has 3 rings (SSSR count). The van der Waals surface area contributed by atoms with Gasteiger partial charge in [0.1, 0.15) is 0 Å². The molecule has 19 heavy (non-hydrogen) atoms. The monoisotopic (exact) mass is 292 g/mol. The second-order valence-electron chi connectivity index (χ2n) is 5.07. The maximum absolute atomic E-state index is 4.81. The number of fused-ring (bicyclic) bond motifs is 1. The molecule has 0 amide bonds. The number of aromatic nitrogens is 1. The van der Waals surface area contributed by atoms with Crippen LogP contribution in [-0.2, 0) is 0 Å². The Bertz CT molecular complexity index is 507. The van der Waals surface area contributed by atoms with Crippen LogP contribution in [0.2, 0.25) is 0 Å². The number of para-hydroxylation sites is 1. The molecule has 1 aliphatic heterocycles. The van der Waals surface area contributed by atoms with Crippen molar-refractivity contribution >= 4 is 38.4 Å². The van der Waals surface area contributed by atoms with Crippen LogP contribution >= 0.6 is 23.1 Å². The molecule has 0 saturated carbocycles. The highest BCUT2D eigenvalue weighted by Gasteiger charge is 2.27. The van der Waals surface area contributed by atoms with Crippen molar-refractivity contribution in [2.45, 2.75) is 37.2 Å². The van der Waals surface area contributed by atoms with Crippen molar-refractivity contribution in [1.82, 2.24) is 4.98 Å². The van der Waals surface area contributed by atoms with Gasteiger partial charge in [0.2, 0.25) is 0 Å². The van der Waals surface area contributed by atoms with E-state index in [-0.39, 0.29) is 0 Å². The molecule has 0 spiro atoms. The number of thioether (sulfide) groups is 1. The zero-order chi connectivity index (χ0) is 13.2. The van der Waals surface area contributed by atoms with Crippen molar-refractivity contribution in [2.24, 2.45) is 0 Å². The number of thiazole rings is 1. The molecule has 0 aliphatic carbocycles. The van der Waals surface area contributed by atoms with Crippen molar-refractivity contribution in [3.63, 3.8) is 0 Å². The van der Waals surface area contributed by atoms with Gasteiger partial charge in [-0.2, -0.15) is 11.8 Å². The maximum atomic E-state index is 4.81. The Balaban J connectivity index is 1.87. The van der Waals surface area contributed by atoms with Crippen LogP contribution in [0.1, 0.15) is 26.7 Å². The standard InChI is InChI=1S/C15H20N2S2/c1-3-11-9-17(10-12(4-2)18-11)15-16-13-7-5-6-8-14(13)19-15/h5-8,11-12H,3-4,9-10H2,1-2H3. The first-order valence-electron chi connectivity index (χ1n) is 7.06. The molecule has 102 valence electrons. The number of rotatable bonds is 3. The largest absolute Gasteiger partial charge is 0.346 e. The van der Waals surface area contributed by atoms with Crippen LogP contribution < -0.4 is 4.90 Å². The number of anilines is 1. The van der Waals surface area contributed by atoms with Crippen LogP contribution in [0.15, 0.2) is 24.3 Å². The first-order chi connectivity index (χ1) is 9.30. The van der Waals surface area contributed by atoms with Crippen molar-refractivity contribution in [3.8, 4) is 0 Å². The molecule has 1 saturated heterocycles. The fraction of sp³-hybridized carbons (Fsp3) is 0.533. The number of hydrogen-bond acceptors (Lipinski definition) is 4. The van der Waals surface area contributed by atoms with Crippen molar-refractivity contribution < 1.29 is 0 Å². The summed E-state index contributed by atoms with van der Waals surface area (Å²) in [5.74, 6) is 0. The summed E-state index contributed by atoms with van der Waals surface area (Å²) in [6, 6.07) is 8.45. The van der Waals surface area contributed by atoms with Crippen LogP contribution in [0.25, 0.3) is 10.2 Å². The Hall–Kier alpha value is -0.740. The van der Waals surface area contributed by atoms with Crippen LogP contribution in [0.4, 0.5) is 5.13 Å². The summed E-state index contributed by atoms with van der Waals surface area (Å²) in [5.41, 5.74) is 1.14. The third-order valence-electron chi connectivity index (χ3n) is 3.70. The van der Waals surface area contributed by atoms with E-state index >= 15 is 0 Å². The smallest absolute Gasteiger partial charge is 0.186 e. The average molecular weight is 292 g/mol. The Labute approximate surface area is 123 Å². The number of hydrogen-bond donors (Lipinski definition) is 0. The normalized spacial score (nSPS) is 24.0. The van der Waals surface area contributed by atoms with Crippen LogP contribution in [0, 0.1) is 0 Å². The minimum Gasteiger partial charge on any atom is -0.346 e. The van der Waals surface area contributed by atoms with Gasteiger partial charge in [0, 0.05) is 23.6 Å². The van der Waals surface area contributed by atoms with Crippen LogP contribution in [0.5, 0.6) is 0 Å². The number of nitrogens with zero attached hydrogens (tertiary/aromatic N) is 2. The lowest BCUT2D eigenvalue weighted by Crippen LogP contribution is -2.42. The zero-order valence-corrected chi connectivity index (χ0v) is 13.1. The van der Waals surface area contributed by atoms with Gasteiger partial charge in [-0.3, -0.25) is 0 Å². The molecular formula is C15H20N2S2. The van der Waals surface area contributed by atoms with Gasteiger partial charge in [-0.25, -0.2) is 4.98 Å². The first kappa shape index (κ1) is 13.3. The molecule has 1 aliphatic rings. The van der Waals surface area contributed by atoms with Gasteiger partial charge >= 0.3 is 0 Å². The van der Waals surface area contributed by atoms with E-state index in [0.29, 0.717) is 0 Å². The van der Waals surface area contributed by atoms with E-state index in [1.165, 1.54) is 22.7 Å². The lowest BCUT2D eigenvalue weighted by atomic mass is 10.2. The Morgan fingerprint density at radius 1 is 1.16 bits per heavy atom. The van der Waals surface area contributed by atoms with E-state index in [1.54, 1.807) is 0 Å². The van der Waals surface area contributed by atoms with E-state index < -0.39 is 0 Å². The molecule has 1 fully saturated rings. The van der Waals surface area contributed by atoms with Crippen LogP contribution in [0.3, 0.4) is 0 Å². The topological polar surface area (TPSA) is 16.1 Å². The lowest BCUT2D eigenvalue weighted by molar-refractivity contribution is 0.660. The summed E-state index contributed by atoms with van der Waals surface area (Å²) in [7, 11) is 0. The van der Waals surface area contributed by atoms with Gasteiger partial charge in [-0.15, -0.1) is 0 Å². The fourth-order valence-electron chi connectivity index (χ4n) is 2.53. The Morgan fingerprint density at radius 2 is 1.84 bits per heavy atom. The number of benzene rings is 1. The Kier molecular flexibility index (Phi) is 3.99. The first-order valence-corrected chi connectivity index (χ1v) is 8.82. The Morgan fingerprint density at radius 3 is 2.47 bits per heavy atom. The van der Waals surface area contributed by atoms with Gasteiger partial charge in [0.25, 0.3) is 0 Å². The van der Waals surface area contributed by atoms with E-state index in [0.717, 1.165) is 29.1 Å². The van der Waals surface area contributed by atoms with Crippen molar-refractivity contribution in [2.75, 3.05) is 18.0 Å². The SMILES string of the molecule is CCC1CN(c2nc3ccccc3s2)CC(CC)S1. The van der Waals surface area contributed by atoms with Crippen molar-refractivity contribution in [1.29, 1.82) is 0 Å². The van der Waals surface area contributed by atoms with E-state index in [4.69, 9.17) is 4.98 Å². The average Bonchev–Trinajstić information content (AvgIpc) is 2.90. The minimum atomic E-state index is 0.755. The third kappa shape index (κ3) is 2.75. The van der Waals surface area contributed by atoms with E-state index in [1.807, 2.05) is 11.3 Å². The predicted molar refractivity (Wildman–Crippen MR) is 87.6 cm³/mol. The highest BCUT2D eigenvalue weighted by Crippen LogP contribution is 2.35. The molecule has 0 radical (unpaired) electrons. The van der Waals surface area contributed by atoms with E-state index in [9.17, 15) is 0 Å². The van der Waals surface area contributed by atoms with Gasteiger partial charge in [-0.1, -0.05) is 37.3 Å². The summed E-state index contributed by atoms with van der Waals surface area (Å²) in [4.78, 5) is 7.31. The van der Waals surface area contributed by atoms with Crippen molar-refractivity contribution in [3.05, 3.63) is 24.3 Å². The maximum Gasteiger partial charge on any atom is 0.186 e. The summed E-state index contributed by atoms with van der Waals surface area (Å²) < 4.78 is 1.30. The summed E-state index contributed by atoms with van der Waals surface area (Å²) >= 11 is 4.01. The van der Waals surface area contributed by atoms with Gasteiger partial charge in [-0.05, 0) is 25.0 Å². The fourth-order valence-corrected chi connectivity index (χ4v) is 4.97. The highest BCUT2D eigenvalue weighted by atomic mass is 32.2. The van der Waals surface area contributed by atoms with Gasteiger partial charge in [0.05, 0.1) is 10.2 Å². The second-order valence-corrected chi connectivity index (χ2v) is 7.68. The summed E-state index contributed by atoms with van der Waals surface area (Å²) in [6.07, 6.45) is 2.51. The zero-order valence-electron chi connectivity index (χ0n) is 11.5. The predicted octanol–water partition coefficient (Wildman–Crippen LogP) is 4.41. The summed E-state index contributed by atoms with van der Waals surface area (Å²) in [6.45, 7) is 6.90. The van der Waals surface area contributed by atoms with Gasteiger partial charge < -0.3 is 4.90 Å². The molecule has 1 aromatic heterocycles. The highest BCUT2D eigenvalue weighted by molar-refractivity contribution is 8.00. The quantitative estimate of drug-likeness (QED) is 0.834. The van der Waals surface area contributed by atoms with Crippen LogP contribution in [-0.4, -0.2) is 28.6 Å². The molecule has 0 N–H and O–H groups in total. The third-order valence-corrected chi connectivity index (χ3v) is 6.53. The molecular weight excluding hydrogens is 272 g/mol. The molecule has 2 unspecified atom stereocenters. The molecule has 2 heterocycles. The van der Waals surface area contributed by atoms with E-state index in [2.05, 4.69) is 54.8 Å². The summed E-state index contributed by atoms with van der Waals surface area (Å²) in [5, 5.41) is 2.72. The molecule has 2 nitrogen and oxygen atoms in total.